The van der Waals surface area contributed by atoms with Gasteiger partial charge in [-0.1, -0.05) is 64.1 Å². The highest BCUT2D eigenvalue weighted by Crippen LogP contribution is 2.48. The van der Waals surface area contributed by atoms with E-state index in [2.05, 4.69) is 0 Å². The smallest absolute Gasteiger partial charge is 0.338 e. The highest BCUT2D eigenvalue weighted by atomic mass is 16.6. The fourth-order valence-corrected chi connectivity index (χ4v) is 6.17. The van der Waals surface area contributed by atoms with Crippen molar-refractivity contribution in [1.29, 1.82) is 0 Å². The average molecular weight is 585 g/mol. The minimum atomic E-state index is -1.63. The van der Waals surface area contributed by atoms with E-state index in [0.717, 1.165) is 0 Å². The van der Waals surface area contributed by atoms with Gasteiger partial charge in [-0.2, -0.15) is 0 Å². The van der Waals surface area contributed by atoms with Crippen molar-refractivity contribution in [2.24, 2.45) is 23.2 Å². The van der Waals surface area contributed by atoms with Crippen LogP contribution in [0.4, 0.5) is 0 Å². The standard InChI is InChI=1S/C33H44O9/c1-19-14-15-32(7,8)28(40-23(5)35)17-27(39-22(4)34)20(2)16-26-29(42-31(37)25-12-10-9-11-13-25)21(3)18-33(26,38)30(19)41-24(6)36/h9-16,19,21,26-30,38H,17-18H2,1-8H3/t19-,21-,26-,27+,28+,29-,30-,33+/m0/s1. The molecule has 0 radical (unpaired) electrons. The van der Waals surface area contributed by atoms with Crippen molar-refractivity contribution in [1.82, 2.24) is 0 Å². The van der Waals surface area contributed by atoms with Gasteiger partial charge in [-0.3, -0.25) is 14.4 Å². The number of carbonyl (C=O) groups is 4. The van der Waals surface area contributed by atoms with Gasteiger partial charge >= 0.3 is 23.9 Å². The Morgan fingerprint density at radius 1 is 0.881 bits per heavy atom. The summed E-state index contributed by atoms with van der Waals surface area (Å²) in [5.41, 5.74) is -1.39. The summed E-state index contributed by atoms with van der Waals surface area (Å²) in [6.45, 7) is 13.2. The van der Waals surface area contributed by atoms with Crippen LogP contribution in [0.15, 0.2) is 54.1 Å². The molecule has 0 bridgehead atoms. The molecule has 8 atom stereocenters. The summed E-state index contributed by atoms with van der Waals surface area (Å²) in [6, 6.07) is 8.57. The molecule has 1 fully saturated rings. The lowest BCUT2D eigenvalue weighted by Gasteiger charge is -2.41. The summed E-state index contributed by atoms with van der Waals surface area (Å²) >= 11 is 0. The van der Waals surface area contributed by atoms with E-state index < -0.39 is 71.1 Å². The number of fused-ring (bicyclic) bond motifs is 1. The number of hydrogen-bond acceptors (Lipinski definition) is 9. The number of rotatable bonds is 5. The first-order chi connectivity index (χ1) is 19.5. The molecule has 0 heterocycles. The summed E-state index contributed by atoms with van der Waals surface area (Å²) in [4.78, 5) is 49.9. The Kier molecular flexibility index (Phi) is 10.4. The Balaban J connectivity index is 2.20. The largest absolute Gasteiger partial charge is 0.461 e. The second kappa shape index (κ2) is 13.2. The van der Waals surface area contributed by atoms with Gasteiger partial charge in [0, 0.05) is 44.4 Å². The topological polar surface area (TPSA) is 125 Å². The zero-order chi connectivity index (χ0) is 31.4. The van der Waals surface area contributed by atoms with Crippen molar-refractivity contribution in [2.45, 2.75) is 98.2 Å². The molecule has 1 saturated carbocycles. The fourth-order valence-electron chi connectivity index (χ4n) is 6.17. The molecule has 1 N–H and O–H groups in total. The van der Waals surface area contributed by atoms with E-state index >= 15 is 0 Å². The Bertz CT molecular complexity index is 1220. The molecule has 1 aromatic rings. The summed E-state index contributed by atoms with van der Waals surface area (Å²) in [7, 11) is 0. The van der Waals surface area contributed by atoms with Crippen molar-refractivity contribution in [2.75, 3.05) is 0 Å². The van der Waals surface area contributed by atoms with Gasteiger partial charge in [0.05, 0.1) is 5.56 Å². The predicted octanol–water partition coefficient (Wildman–Crippen LogP) is 4.96. The second-order valence-corrected chi connectivity index (χ2v) is 12.3. The Labute approximate surface area is 248 Å². The van der Waals surface area contributed by atoms with Gasteiger partial charge in [0.15, 0.2) is 0 Å². The predicted molar refractivity (Wildman–Crippen MR) is 155 cm³/mol. The van der Waals surface area contributed by atoms with Crippen LogP contribution in [0.5, 0.6) is 0 Å². The maximum Gasteiger partial charge on any atom is 0.338 e. The lowest BCUT2D eigenvalue weighted by Crippen LogP contribution is -2.52. The number of esters is 4. The van der Waals surface area contributed by atoms with E-state index in [1.54, 1.807) is 43.3 Å². The molecule has 2 aliphatic rings. The minimum Gasteiger partial charge on any atom is -0.461 e. The summed E-state index contributed by atoms with van der Waals surface area (Å²) in [5.74, 6) is -3.71. The highest BCUT2D eigenvalue weighted by Gasteiger charge is 2.58. The van der Waals surface area contributed by atoms with Gasteiger partial charge in [0.2, 0.25) is 0 Å². The number of carbonyl (C=O) groups excluding carboxylic acids is 4. The quantitative estimate of drug-likeness (QED) is 0.290. The van der Waals surface area contributed by atoms with Crippen LogP contribution in [0.1, 0.15) is 78.6 Å². The molecule has 0 amide bonds. The van der Waals surface area contributed by atoms with E-state index in [1.165, 1.54) is 20.8 Å². The molecule has 3 rings (SSSR count). The molecule has 42 heavy (non-hydrogen) atoms. The first-order valence-corrected chi connectivity index (χ1v) is 14.4. The van der Waals surface area contributed by atoms with Crippen LogP contribution in [0.3, 0.4) is 0 Å². The molecule has 2 aliphatic carbocycles. The third-order valence-corrected chi connectivity index (χ3v) is 8.31. The molecule has 230 valence electrons. The SMILES string of the molecule is CC(=O)O[C@@H]1C[C@@H](OC(C)=O)C(C)(C)C=C[C@H](C)[C@H](OC(C)=O)[C@@]2(O)C[C@H](C)[C@H](OC(=O)c3ccccc3)[C@@H]2C=C1C. The van der Waals surface area contributed by atoms with Crippen molar-refractivity contribution in [3.63, 3.8) is 0 Å². The normalized spacial score (nSPS) is 32.7. The molecule has 0 unspecified atom stereocenters. The van der Waals surface area contributed by atoms with E-state index in [0.29, 0.717) is 11.1 Å². The number of ether oxygens (including phenoxy) is 4. The Hall–Kier alpha value is -3.46. The molecule has 1 aromatic carbocycles. The van der Waals surface area contributed by atoms with E-state index in [9.17, 15) is 24.3 Å². The molecular formula is C33H44O9. The van der Waals surface area contributed by atoms with Gasteiger partial charge < -0.3 is 24.1 Å². The number of aliphatic hydroxyl groups is 1. The zero-order valence-electron chi connectivity index (χ0n) is 25.8. The monoisotopic (exact) mass is 584 g/mol. The van der Waals surface area contributed by atoms with Gasteiger partial charge in [0.25, 0.3) is 0 Å². The van der Waals surface area contributed by atoms with Crippen LogP contribution in [0.2, 0.25) is 0 Å². The van der Waals surface area contributed by atoms with Gasteiger partial charge in [-0.05, 0) is 37.0 Å². The lowest BCUT2D eigenvalue weighted by atomic mass is 9.75. The molecule has 0 aliphatic heterocycles. The second-order valence-electron chi connectivity index (χ2n) is 12.3. The van der Waals surface area contributed by atoms with Crippen molar-refractivity contribution < 1.29 is 43.2 Å². The number of benzene rings is 1. The third-order valence-electron chi connectivity index (χ3n) is 8.31. The maximum atomic E-state index is 13.2. The van der Waals surface area contributed by atoms with E-state index in [-0.39, 0.29) is 18.8 Å². The summed E-state index contributed by atoms with van der Waals surface area (Å²) < 4.78 is 23.3. The van der Waals surface area contributed by atoms with Crippen LogP contribution in [0.25, 0.3) is 0 Å². The third kappa shape index (κ3) is 7.68. The van der Waals surface area contributed by atoms with Crippen LogP contribution in [0, 0.1) is 23.2 Å². The van der Waals surface area contributed by atoms with Crippen LogP contribution in [-0.2, 0) is 33.3 Å². The van der Waals surface area contributed by atoms with E-state index in [4.69, 9.17) is 18.9 Å². The Morgan fingerprint density at radius 3 is 2.05 bits per heavy atom. The van der Waals surface area contributed by atoms with Gasteiger partial charge in [-0.15, -0.1) is 0 Å². The summed E-state index contributed by atoms with van der Waals surface area (Å²) in [5, 5.41) is 12.5. The maximum absolute atomic E-state index is 13.2. The number of hydrogen-bond donors (Lipinski definition) is 1. The Morgan fingerprint density at radius 2 is 1.48 bits per heavy atom. The van der Waals surface area contributed by atoms with Crippen LogP contribution < -0.4 is 0 Å². The summed E-state index contributed by atoms with van der Waals surface area (Å²) in [6.07, 6.45) is 2.54. The van der Waals surface area contributed by atoms with Crippen molar-refractivity contribution in [3.8, 4) is 0 Å². The van der Waals surface area contributed by atoms with E-state index in [1.807, 2.05) is 39.8 Å². The van der Waals surface area contributed by atoms with Crippen molar-refractivity contribution in [3.05, 3.63) is 59.7 Å². The van der Waals surface area contributed by atoms with Crippen LogP contribution in [-0.4, -0.2) is 59.0 Å². The van der Waals surface area contributed by atoms with Crippen LogP contribution >= 0.6 is 0 Å². The molecule has 0 saturated heterocycles. The molecule has 0 aromatic heterocycles. The highest BCUT2D eigenvalue weighted by molar-refractivity contribution is 5.89. The molecule has 9 nitrogen and oxygen atoms in total. The minimum absolute atomic E-state index is 0.162. The van der Waals surface area contributed by atoms with Crippen molar-refractivity contribution >= 4 is 23.9 Å². The fraction of sp³-hybridized carbons (Fsp3) is 0.576. The molecular weight excluding hydrogens is 540 g/mol. The van der Waals surface area contributed by atoms with Gasteiger partial charge in [-0.25, -0.2) is 4.79 Å². The zero-order valence-corrected chi connectivity index (χ0v) is 25.8. The van der Waals surface area contributed by atoms with Gasteiger partial charge in [0.1, 0.15) is 30.0 Å². The first-order valence-electron chi connectivity index (χ1n) is 14.4. The molecule has 0 spiro atoms. The molecule has 9 heteroatoms. The average Bonchev–Trinajstić information content (AvgIpc) is 3.13. The first kappa shape index (κ1) is 33.0. The lowest BCUT2D eigenvalue weighted by molar-refractivity contribution is -0.173.